The summed E-state index contributed by atoms with van der Waals surface area (Å²) in [6.45, 7) is -0.623. The lowest BCUT2D eigenvalue weighted by atomic mass is 10.2. The van der Waals surface area contributed by atoms with E-state index in [4.69, 9.17) is 5.11 Å². The number of nitrogens with one attached hydrogen (secondary N) is 1. The lowest BCUT2D eigenvalue weighted by Crippen LogP contribution is -2.15. The Kier molecular flexibility index (Phi) is 4.62. The van der Waals surface area contributed by atoms with E-state index >= 15 is 0 Å². The maximum absolute atomic E-state index is 13.9. The lowest BCUT2D eigenvalue weighted by molar-refractivity contribution is -0.137. The predicted octanol–water partition coefficient (Wildman–Crippen LogP) is 3.14. The second-order valence-corrected chi connectivity index (χ2v) is 6.25. The molecule has 0 atom stereocenters. The van der Waals surface area contributed by atoms with Gasteiger partial charge in [0.2, 0.25) is 0 Å². The van der Waals surface area contributed by atoms with E-state index in [1.54, 1.807) is 0 Å². The number of alkyl halides is 3. The largest absolute Gasteiger partial charge is 0.416 e. The fourth-order valence-corrected chi connectivity index (χ4v) is 2.87. The zero-order chi connectivity index (χ0) is 17.3. The van der Waals surface area contributed by atoms with Gasteiger partial charge in [0, 0.05) is 5.56 Å². The van der Waals surface area contributed by atoms with Gasteiger partial charge in [-0.3, -0.25) is 4.72 Å². The van der Waals surface area contributed by atoms with Crippen LogP contribution in [0.1, 0.15) is 11.1 Å². The van der Waals surface area contributed by atoms with Crippen molar-refractivity contribution in [2.24, 2.45) is 0 Å². The molecule has 2 rings (SSSR count). The highest BCUT2D eigenvalue weighted by Crippen LogP contribution is 2.30. The minimum atomic E-state index is -4.59. The van der Waals surface area contributed by atoms with Crippen molar-refractivity contribution in [2.75, 3.05) is 4.72 Å². The molecule has 4 nitrogen and oxygen atoms in total. The fourth-order valence-electron chi connectivity index (χ4n) is 1.81. The van der Waals surface area contributed by atoms with Crippen molar-refractivity contribution in [3.8, 4) is 0 Å². The molecule has 124 valence electrons. The third-order valence-electron chi connectivity index (χ3n) is 2.99. The minimum Gasteiger partial charge on any atom is -0.392 e. The van der Waals surface area contributed by atoms with Gasteiger partial charge in [0.05, 0.1) is 22.8 Å². The summed E-state index contributed by atoms with van der Waals surface area (Å²) in [7, 11) is -4.26. The summed E-state index contributed by atoms with van der Waals surface area (Å²) in [6.07, 6.45) is -4.59. The second-order valence-electron chi connectivity index (χ2n) is 4.56. The first-order valence-electron chi connectivity index (χ1n) is 6.23. The fraction of sp³-hybridized carbons (Fsp3) is 0.143. The Balaban J connectivity index is 2.33. The summed E-state index contributed by atoms with van der Waals surface area (Å²) in [5.74, 6) is -0.953. The zero-order valence-electron chi connectivity index (χ0n) is 11.4. The number of aliphatic hydroxyl groups is 1. The minimum absolute atomic E-state index is 0.113. The zero-order valence-corrected chi connectivity index (χ0v) is 12.2. The van der Waals surface area contributed by atoms with E-state index in [1.807, 2.05) is 4.72 Å². The van der Waals surface area contributed by atoms with Crippen LogP contribution in [0, 0.1) is 5.82 Å². The van der Waals surface area contributed by atoms with Crippen LogP contribution >= 0.6 is 0 Å². The highest BCUT2D eigenvalue weighted by atomic mass is 32.2. The standard InChI is InChI=1S/C14H11F4NO3S/c15-13-9(8-20)2-1-3-12(13)19-23(21,22)11-6-4-10(5-7-11)14(16,17)18/h1-7,19-20H,8H2. The van der Waals surface area contributed by atoms with Crippen molar-refractivity contribution in [3.63, 3.8) is 0 Å². The highest BCUT2D eigenvalue weighted by molar-refractivity contribution is 7.92. The predicted molar refractivity (Wildman–Crippen MR) is 74.6 cm³/mol. The van der Waals surface area contributed by atoms with E-state index in [9.17, 15) is 26.0 Å². The molecule has 2 N–H and O–H groups in total. The maximum atomic E-state index is 13.9. The van der Waals surface area contributed by atoms with Gasteiger partial charge in [0.25, 0.3) is 10.0 Å². The Hall–Kier alpha value is -2.13. The van der Waals surface area contributed by atoms with Gasteiger partial charge >= 0.3 is 6.18 Å². The first kappa shape index (κ1) is 17.2. The van der Waals surface area contributed by atoms with Crippen LogP contribution in [0.15, 0.2) is 47.4 Å². The van der Waals surface area contributed by atoms with E-state index in [1.165, 1.54) is 12.1 Å². The summed E-state index contributed by atoms with van der Waals surface area (Å²) in [4.78, 5) is -0.445. The molecule has 0 aromatic heterocycles. The second kappa shape index (κ2) is 6.17. The molecule has 0 aliphatic carbocycles. The van der Waals surface area contributed by atoms with E-state index in [0.29, 0.717) is 12.1 Å². The Morgan fingerprint density at radius 1 is 1.04 bits per heavy atom. The Morgan fingerprint density at radius 3 is 2.17 bits per heavy atom. The smallest absolute Gasteiger partial charge is 0.392 e. The van der Waals surface area contributed by atoms with Crippen molar-refractivity contribution < 1.29 is 31.1 Å². The molecule has 0 bridgehead atoms. The molecule has 0 spiro atoms. The number of anilines is 1. The van der Waals surface area contributed by atoms with Crippen LogP contribution in [0.2, 0.25) is 0 Å². The van der Waals surface area contributed by atoms with Crippen LogP contribution in [0.3, 0.4) is 0 Å². The third kappa shape index (κ3) is 3.80. The van der Waals surface area contributed by atoms with Crippen LogP contribution in [0.5, 0.6) is 0 Å². The average Bonchev–Trinajstić information content (AvgIpc) is 2.48. The quantitative estimate of drug-likeness (QED) is 0.834. The summed E-state index contributed by atoms with van der Waals surface area (Å²) in [5.41, 5.74) is -1.51. The van der Waals surface area contributed by atoms with Gasteiger partial charge in [0.1, 0.15) is 0 Å². The van der Waals surface area contributed by atoms with E-state index in [-0.39, 0.29) is 5.56 Å². The van der Waals surface area contributed by atoms with Crippen molar-refractivity contribution in [3.05, 3.63) is 59.4 Å². The number of sulfonamides is 1. The molecule has 23 heavy (non-hydrogen) atoms. The van der Waals surface area contributed by atoms with Gasteiger partial charge < -0.3 is 5.11 Å². The Labute approximate surface area is 129 Å². The molecule has 0 fully saturated rings. The van der Waals surface area contributed by atoms with E-state index in [2.05, 4.69) is 0 Å². The lowest BCUT2D eigenvalue weighted by Gasteiger charge is -2.12. The van der Waals surface area contributed by atoms with Crippen LogP contribution in [0.4, 0.5) is 23.2 Å². The van der Waals surface area contributed by atoms with Crippen LogP contribution < -0.4 is 4.72 Å². The van der Waals surface area contributed by atoms with Gasteiger partial charge in [-0.2, -0.15) is 13.2 Å². The number of rotatable bonds is 4. The van der Waals surface area contributed by atoms with E-state index in [0.717, 1.165) is 18.2 Å². The molecule has 9 heteroatoms. The van der Waals surface area contributed by atoms with Crippen LogP contribution in [-0.2, 0) is 22.8 Å². The number of benzene rings is 2. The summed E-state index contributed by atoms with van der Waals surface area (Å²) >= 11 is 0. The van der Waals surface area contributed by atoms with Crippen molar-refractivity contribution in [1.29, 1.82) is 0 Å². The summed E-state index contributed by atoms with van der Waals surface area (Å²) in [5, 5.41) is 8.94. The first-order valence-corrected chi connectivity index (χ1v) is 7.72. The van der Waals surface area contributed by atoms with Crippen LogP contribution in [-0.4, -0.2) is 13.5 Å². The molecule has 2 aromatic rings. The molecule has 0 unspecified atom stereocenters. The number of hydrogen-bond donors (Lipinski definition) is 2. The highest BCUT2D eigenvalue weighted by Gasteiger charge is 2.30. The summed E-state index contributed by atoms with van der Waals surface area (Å²) in [6, 6.07) is 6.53. The molecule has 0 radical (unpaired) electrons. The molecule has 0 saturated carbocycles. The molecular weight excluding hydrogens is 338 g/mol. The number of hydrogen-bond acceptors (Lipinski definition) is 3. The van der Waals surface area contributed by atoms with Gasteiger partial charge in [-0.15, -0.1) is 0 Å². The normalized spacial score (nSPS) is 12.2. The van der Waals surface area contributed by atoms with Gasteiger partial charge in [0.15, 0.2) is 5.82 Å². The summed E-state index contributed by atoms with van der Waals surface area (Å²) < 4.78 is 77.4. The average molecular weight is 349 g/mol. The van der Waals surface area contributed by atoms with Gasteiger partial charge in [-0.05, 0) is 30.3 Å². The molecule has 2 aromatic carbocycles. The number of halogens is 4. The Morgan fingerprint density at radius 2 is 1.65 bits per heavy atom. The van der Waals surface area contributed by atoms with Crippen molar-refractivity contribution in [2.45, 2.75) is 17.7 Å². The Bertz CT molecular complexity index is 802. The van der Waals surface area contributed by atoms with Crippen molar-refractivity contribution >= 4 is 15.7 Å². The third-order valence-corrected chi connectivity index (χ3v) is 4.37. The molecule has 0 aliphatic heterocycles. The SMILES string of the molecule is O=S(=O)(Nc1cccc(CO)c1F)c1ccc(C(F)(F)F)cc1. The topological polar surface area (TPSA) is 66.4 Å². The molecule has 0 amide bonds. The van der Waals surface area contributed by atoms with E-state index < -0.39 is 44.8 Å². The molecule has 0 aliphatic rings. The van der Waals surface area contributed by atoms with Crippen molar-refractivity contribution in [1.82, 2.24) is 0 Å². The van der Waals surface area contributed by atoms with Gasteiger partial charge in [-0.25, -0.2) is 12.8 Å². The van der Waals surface area contributed by atoms with Gasteiger partial charge in [-0.1, -0.05) is 12.1 Å². The van der Waals surface area contributed by atoms with Crippen LogP contribution in [0.25, 0.3) is 0 Å². The molecule has 0 heterocycles. The molecular formula is C14H11F4NO3S. The molecule has 0 saturated heterocycles. The first-order chi connectivity index (χ1) is 10.6. The number of aliphatic hydroxyl groups excluding tert-OH is 1. The monoisotopic (exact) mass is 349 g/mol. The maximum Gasteiger partial charge on any atom is 0.416 e.